The molecule has 2 aromatic rings. The molecule has 0 saturated heterocycles. The topological polar surface area (TPSA) is 46.9 Å². The van der Waals surface area contributed by atoms with Gasteiger partial charge in [0, 0.05) is 6.92 Å². The summed E-state index contributed by atoms with van der Waals surface area (Å²) in [7, 11) is 0. The molecule has 0 radical (unpaired) electrons. The van der Waals surface area contributed by atoms with Crippen molar-refractivity contribution in [2.45, 2.75) is 27.7 Å². The van der Waals surface area contributed by atoms with Crippen molar-refractivity contribution in [3.63, 3.8) is 0 Å². The van der Waals surface area contributed by atoms with E-state index in [1.165, 1.54) is 12.5 Å². The minimum atomic E-state index is -0.0790. The molecule has 1 aromatic heterocycles. The van der Waals surface area contributed by atoms with E-state index < -0.39 is 0 Å². The minimum absolute atomic E-state index is 0.0790. The van der Waals surface area contributed by atoms with Crippen molar-refractivity contribution < 1.29 is 4.79 Å². The molecule has 0 atom stereocenters. The van der Waals surface area contributed by atoms with E-state index in [2.05, 4.69) is 10.4 Å². The number of carbonyl (C=O) groups excluding carboxylic acids is 1. The molecule has 18 heavy (non-hydrogen) atoms. The first-order valence-electron chi connectivity index (χ1n) is 5.90. The molecule has 0 aliphatic carbocycles. The molecule has 0 fully saturated rings. The molecule has 1 amide bonds. The Hall–Kier alpha value is -2.10. The van der Waals surface area contributed by atoms with Gasteiger partial charge in [0.1, 0.15) is 0 Å². The van der Waals surface area contributed by atoms with Crippen LogP contribution in [0.2, 0.25) is 0 Å². The minimum Gasteiger partial charge on any atom is -0.323 e. The number of benzene rings is 1. The highest BCUT2D eigenvalue weighted by atomic mass is 16.1. The van der Waals surface area contributed by atoms with Crippen molar-refractivity contribution in [2.24, 2.45) is 0 Å². The molecule has 0 saturated carbocycles. The summed E-state index contributed by atoms with van der Waals surface area (Å²) in [6.45, 7) is 7.39. The van der Waals surface area contributed by atoms with E-state index in [-0.39, 0.29) is 5.91 Å². The third kappa shape index (κ3) is 2.27. The number of hydrogen-bond acceptors (Lipinski definition) is 2. The standard InChI is InChI=1S/C14H17N3O/c1-9-5-7-13(8-6-9)17-11(3)14(10(2)16-17)15-12(4)18/h5-8H,1-4H3,(H,15,18). The molecule has 0 bridgehead atoms. The molecule has 94 valence electrons. The number of anilines is 1. The Morgan fingerprint density at radius 2 is 1.78 bits per heavy atom. The lowest BCUT2D eigenvalue weighted by atomic mass is 10.2. The number of hydrogen-bond donors (Lipinski definition) is 1. The summed E-state index contributed by atoms with van der Waals surface area (Å²) < 4.78 is 1.85. The first-order chi connectivity index (χ1) is 8.49. The van der Waals surface area contributed by atoms with Crippen LogP contribution in [0.1, 0.15) is 23.9 Å². The predicted molar refractivity (Wildman–Crippen MR) is 72.1 cm³/mol. The van der Waals surface area contributed by atoms with Crippen LogP contribution in [0, 0.1) is 20.8 Å². The molecule has 2 rings (SSSR count). The van der Waals surface area contributed by atoms with Gasteiger partial charge in [0.05, 0.1) is 22.8 Å². The molecular weight excluding hydrogens is 226 g/mol. The van der Waals surface area contributed by atoms with Gasteiger partial charge in [-0.05, 0) is 32.9 Å². The van der Waals surface area contributed by atoms with Gasteiger partial charge in [0.2, 0.25) is 5.91 Å². The SMILES string of the molecule is CC(=O)Nc1c(C)nn(-c2ccc(C)cc2)c1C. The zero-order chi connectivity index (χ0) is 13.3. The summed E-state index contributed by atoms with van der Waals surface area (Å²) in [6.07, 6.45) is 0. The van der Waals surface area contributed by atoms with Gasteiger partial charge >= 0.3 is 0 Å². The van der Waals surface area contributed by atoms with Crippen LogP contribution in [0.25, 0.3) is 5.69 Å². The highest BCUT2D eigenvalue weighted by Crippen LogP contribution is 2.22. The van der Waals surface area contributed by atoms with E-state index in [4.69, 9.17) is 0 Å². The molecule has 0 aliphatic rings. The van der Waals surface area contributed by atoms with Crippen LogP contribution in [0.5, 0.6) is 0 Å². The van der Waals surface area contributed by atoms with E-state index in [1.807, 2.05) is 49.7 Å². The predicted octanol–water partition coefficient (Wildman–Crippen LogP) is 2.76. The maximum Gasteiger partial charge on any atom is 0.221 e. The van der Waals surface area contributed by atoms with Crippen molar-refractivity contribution in [1.82, 2.24) is 9.78 Å². The Bertz CT molecular complexity index is 582. The lowest BCUT2D eigenvalue weighted by Gasteiger charge is -2.06. The molecule has 0 aliphatic heterocycles. The fourth-order valence-corrected chi connectivity index (χ4v) is 1.94. The van der Waals surface area contributed by atoms with Crippen LogP contribution >= 0.6 is 0 Å². The molecule has 1 N–H and O–H groups in total. The third-order valence-corrected chi connectivity index (χ3v) is 2.87. The van der Waals surface area contributed by atoms with Gasteiger partial charge in [-0.25, -0.2) is 4.68 Å². The molecule has 1 aromatic carbocycles. The lowest BCUT2D eigenvalue weighted by molar-refractivity contribution is -0.114. The quantitative estimate of drug-likeness (QED) is 0.881. The monoisotopic (exact) mass is 243 g/mol. The van der Waals surface area contributed by atoms with Crippen molar-refractivity contribution in [3.05, 3.63) is 41.2 Å². The fourth-order valence-electron chi connectivity index (χ4n) is 1.94. The second-order valence-corrected chi connectivity index (χ2v) is 4.47. The lowest BCUT2D eigenvalue weighted by Crippen LogP contribution is -2.07. The van der Waals surface area contributed by atoms with Gasteiger partial charge in [-0.2, -0.15) is 5.10 Å². The summed E-state index contributed by atoms with van der Waals surface area (Å²) in [5.41, 5.74) is 4.76. The average Bonchev–Trinajstić information content (AvgIpc) is 2.58. The van der Waals surface area contributed by atoms with Crippen LogP contribution in [-0.2, 0) is 4.79 Å². The maximum atomic E-state index is 11.2. The smallest absolute Gasteiger partial charge is 0.221 e. The van der Waals surface area contributed by atoms with E-state index in [1.54, 1.807) is 0 Å². The van der Waals surface area contributed by atoms with E-state index in [0.29, 0.717) is 0 Å². The van der Waals surface area contributed by atoms with Crippen LogP contribution < -0.4 is 5.32 Å². The zero-order valence-electron chi connectivity index (χ0n) is 11.1. The van der Waals surface area contributed by atoms with Gasteiger partial charge in [0.15, 0.2) is 0 Å². The van der Waals surface area contributed by atoms with E-state index in [0.717, 1.165) is 22.8 Å². The average molecular weight is 243 g/mol. The van der Waals surface area contributed by atoms with Crippen LogP contribution in [-0.4, -0.2) is 15.7 Å². The van der Waals surface area contributed by atoms with Crippen molar-refractivity contribution in [1.29, 1.82) is 0 Å². The summed E-state index contributed by atoms with van der Waals surface area (Å²) in [5.74, 6) is -0.0790. The molecular formula is C14H17N3O. The van der Waals surface area contributed by atoms with E-state index in [9.17, 15) is 4.79 Å². The highest BCUT2D eigenvalue weighted by Gasteiger charge is 2.13. The summed E-state index contributed by atoms with van der Waals surface area (Å²) in [4.78, 5) is 11.2. The Morgan fingerprint density at radius 1 is 1.17 bits per heavy atom. The maximum absolute atomic E-state index is 11.2. The highest BCUT2D eigenvalue weighted by molar-refractivity contribution is 5.90. The summed E-state index contributed by atoms with van der Waals surface area (Å²) in [5, 5.41) is 7.29. The van der Waals surface area contributed by atoms with Gasteiger partial charge < -0.3 is 5.32 Å². The van der Waals surface area contributed by atoms with Crippen molar-refractivity contribution >= 4 is 11.6 Å². The molecule has 4 heteroatoms. The number of aromatic nitrogens is 2. The normalized spacial score (nSPS) is 10.4. The Kier molecular flexibility index (Phi) is 3.19. The second-order valence-electron chi connectivity index (χ2n) is 4.47. The molecule has 0 unspecified atom stereocenters. The number of nitrogens with zero attached hydrogens (tertiary/aromatic N) is 2. The summed E-state index contributed by atoms with van der Waals surface area (Å²) in [6, 6.07) is 8.13. The fraction of sp³-hybridized carbons (Fsp3) is 0.286. The third-order valence-electron chi connectivity index (χ3n) is 2.87. The number of nitrogens with one attached hydrogen (secondary N) is 1. The zero-order valence-corrected chi connectivity index (χ0v) is 11.1. The van der Waals surface area contributed by atoms with Crippen LogP contribution in [0.3, 0.4) is 0 Å². The van der Waals surface area contributed by atoms with Crippen LogP contribution in [0.15, 0.2) is 24.3 Å². The number of amides is 1. The van der Waals surface area contributed by atoms with Gasteiger partial charge in [-0.15, -0.1) is 0 Å². The number of carbonyl (C=O) groups is 1. The Balaban J connectivity index is 2.46. The largest absolute Gasteiger partial charge is 0.323 e. The second kappa shape index (κ2) is 4.64. The van der Waals surface area contributed by atoms with Crippen LogP contribution in [0.4, 0.5) is 5.69 Å². The molecule has 4 nitrogen and oxygen atoms in total. The van der Waals surface area contributed by atoms with Gasteiger partial charge in [-0.1, -0.05) is 17.7 Å². The summed E-state index contributed by atoms with van der Waals surface area (Å²) >= 11 is 0. The van der Waals surface area contributed by atoms with Crippen molar-refractivity contribution in [3.8, 4) is 5.69 Å². The first kappa shape index (κ1) is 12.4. The molecule has 0 spiro atoms. The van der Waals surface area contributed by atoms with Gasteiger partial charge in [0.25, 0.3) is 0 Å². The molecule has 1 heterocycles. The van der Waals surface area contributed by atoms with Crippen molar-refractivity contribution in [2.75, 3.05) is 5.32 Å². The number of rotatable bonds is 2. The Morgan fingerprint density at radius 3 is 2.33 bits per heavy atom. The number of aryl methyl sites for hydroxylation is 2. The van der Waals surface area contributed by atoms with E-state index >= 15 is 0 Å². The van der Waals surface area contributed by atoms with Gasteiger partial charge in [-0.3, -0.25) is 4.79 Å². The Labute approximate surface area is 107 Å². The first-order valence-corrected chi connectivity index (χ1v) is 5.90.